The highest BCUT2D eigenvalue weighted by Gasteiger charge is 2.39. The lowest BCUT2D eigenvalue weighted by atomic mass is 9.95. The summed E-state index contributed by atoms with van der Waals surface area (Å²) in [6.07, 6.45) is 1.84. The van der Waals surface area contributed by atoms with Gasteiger partial charge in [0.15, 0.2) is 0 Å². The molecule has 0 spiro atoms. The summed E-state index contributed by atoms with van der Waals surface area (Å²) in [5.41, 5.74) is 0.796. The molecule has 33 heavy (non-hydrogen) atoms. The van der Waals surface area contributed by atoms with Crippen LogP contribution in [0.3, 0.4) is 0 Å². The molecular weight excluding hydrogens is 422 g/mol. The Morgan fingerprint density at radius 3 is 2.48 bits per heavy atom. The van der Waals surface area contributed by atoms with Gasteiger partial charge in [-0.1, -0.05) is 0 Å². The molecule has 1 aromatic rings. The van der Waals surface area contributed by atoms with Crippen molar-refractivity contribution >= 4 is 23.6 Å². The third-order valence-electron chi connectivity index (χ3n) is 5.84. The molecule has 1 aromatic carbocycles. The first-order valence-corrected chi connectivity index (χ1v) is 11.5. The minimum atomic E-state index is -0.563. The first-order chi connectivity index (χ1) is 15.7. The van der Waals surface area contributed by atoms with Crippen LogP contribution < -0.4 is 15.5 Å². The number of amides is 3. The van der Waals surface area contributed by atoms with Gasteiger partial charge in [-0.3, -0.25) is 14.5 Å². The Morgan fingerprint density at radius 2 is 1.82 bits per heavy atom. The molecule has 9 nitrogen and oxygen atoms in total. The SMILES string of the molecule is CC(C)(C)OC(=O)NCCNC(=O)C1CCCN(C2CCN(c3ccc(C#N)cc3)C2=O)C1. The highest BCUT2D eigenvalue weighted by molar-refractivity contribution is 5.99. The van der Waals surface area contributed by atoms with E-state index in [1.54, 1.807) is 49.9 Å². The molecule has 0 aliphatic carbocycles. The average Bonchev–Trinajstić information content (AvgIpc) is 3.16. The summed E-state index contributed by atoms with van der Waals surface area (Å²) in [5, 5.41) is 14.5. The molecule has 2 unspecified atom stereocenters. The highest BCUT2D eigenvalue weighted by atomic mass is 16.6. The van der Waals surface area contributed by atoms with Crippen molar-refractivity contribution in [3.8, 4) is 6.07 Å². The van der Waals surface area contributed by atoms with Gasteiger partial charge in [-0.15, -0.1) is 0 Å². The van der Waals surface area contributed by atoms with Crippen LogP contribution in [0.5, 0.6) is 0 Å². The van der Waals surface area contributed by atoms with E-state index in [2.05, 4.69) is 21.6 Å². The van der Waals surface area contributed by atoms with Gasteiger partial charge in [-0.2, -0.15) is 5.26 Å². The van der Waals surface area contributed by atoms with Crippen molar-refractivity contribution in [2.45, 2.75) is 51.7 Å². The van der Waals surface area contributed by atoms with E-state index in [4.69, 9.17) is 10.00 Å². The van der Waals surface area contributed by atoms with Gasteiger partial charge in [0.1, 0.15) is 5.60 Å². The van der Waals surface area contributed by atoms with Crippen molar-refractivity contribution in [2.24, 2.45) is 5.92 Å². The van der Waals surface area contributed by atoms with Crippen LogP contribution in [0.25, 0.3) is 0 Å². The second kappa shape index (κ2) is 10.7. The first kappa shape index (κ1) is 24.5. The lowest BCUT2D eigenvalue weighted by molar-refractivity contribution is -0.129. The fraction of sp³-hybridized carbons (Fsp3) is 0.583. The zero-order valence-electron chi connectivity index (χ0n) is 19.6. The minimum Gasteiger partial charge on any atom is -0.444 e. The van der Waals surface area contributed by atoms with Crippen LogP contribution >= 0.6 is 0 Å². The fourth-order valence-electron chi connectivity index (χ4n) is 4.29. The number of hydrogen-bond acceptors (Lipinski definition) is 6. The zero-order valence-corrected chi connectivity index (χ0v) is 19.6. The molecular formula is C24H33N5O4. The number of anilines is 1. The number of nitrogens with zero attached hydrogens (tertiary/aromatic N) is 3. The Bertz CT molecular complexity index is 903. The van der Waals surface area contributed by atoms with Crippen LogP contribution in [0.1, 0.15) is 45.6 Å². The average molecular weight is 456 g/mol. The lowest BCUT2D eigenvalue weighted by Crippen LogP contribution is -2.50. The smallest absolute Gasteiger partial charge is 0.407 e. The van der Waals surface area contributed by atoms with Gasteiger partial charge in [0.2, 0.25) is 11.8 Å². The highest BCUT2D eigenvalue weighted by Crippen LogP contribution is 2.28. The van der Waals surface area contributed by atoms with Crippen LogP contribution in [-0.2, 0) is 14.3 Å². The van der Waals surface area contributed by atoms with Gasteiger partial charge in [-0.25, -0.2) is 4.79 Å². The molecule has 9 heteroatoms. The normalized spacial score (nSPS) is 21.4. The van der Waals surface area contributed by atoms with Crippen molar-refractivity contribution in [3.05, 3.63) is 29.8 Å². The standard InChI is InChI=1S/C24H33N5O4/c1-24(2,3)33-23(32)27-12-11-26-21(30)18-5-4-13-28(16-18)20-10-14-29(22(20)31)19-8-6-17(15-25)7-9-19/h6-9,18,20H,4-5,10-14,16H2,1-3H3,(H,26,30)(H,27,32). The lowest BCUT2D eigenvalue weighted by Gasteiger charge is -2.35. The van der Waals surface area contributed by atoms with Crippen LogP contribution in [0, 0.1) is 17.2 Å². The molecule has 178 valence electrons. The minimum absolute atomic E-state index is 0.0438. The number of likely N-dealkylation sites (tertiary alicyclic amines) is 1. The third-order valence-corrected chi connectivity index (χ3v) is 5.84. The van der Waals surface area contributed by atoms with E-state index in [-0.39, 0.29) is 30.3 Å². The van der Waals surface area contributed by atoms with Crippen LogP contribution in [0.4, 0.5) is 10.5 Å². The second-order valence-electron chi connectivity index (χ2n) is 9.51. The molecule has 2 aliphatic heterocycles. The van der Waals surface area contributed by atoms with Crippen molar-refractivity contribution in [2.75, 3.05) is 37.6 Å². The number of hydrogen-bond donors (Lipinski definition) is 2. The van der Waals surface area contributed by atoms with Gasteiger partial charge < -0.3 is 20.3 Å². The summed E-state index contributed by atoms with van der Waals surface area (Å²) in [5.74, 6) is -0.195. The van der Waals surface area contributed by atoms with Crippen molar-refractivity contribution in [1.82, 2.24) is 15.5 Å². The van der Waals surface area contributed by atoms with E-state index in [0.29, 0.717) is 31.6 Å². The van der Waals surface area contributed by atoms with Crippen molar-refractivity contribution < 1.29 is 19.1 Å². The molecule has 2 N–H and O–H groups in total. The Balaban J connectivity index is 1.47. The number of carbonyl (C=O) groups excluding carboxylic acids is 3. The molecule has 2 heterocycles. The van der Waals surface area contributed by atoms with Gasteiger partial charge in [0.25, 0.3) is 0 Å². The second-order valence-corrected chi connectivity index (χ2v) is 9.51. The first-order valence-electron chi connectivity index (χ1n) is 11.5. The van der Waals surface area contributed by atoms with E-state index >= 15 is 0 Å². The van der Waals surface area contributed by atoms with Crippen LogP contribution in [0.2, 0.25) is 0 Å². The largest absolute Gasteiger partial charge is 0.444 e. The summed E-state index contributed by atoms with van der Waals surface area (Å²) in [6.45, 7) is 7.95. The number of benzene rings is 1. The van der Waals surface area contributed by atoms with Crippen molar-refractivity contribution in [3.63, 3.8) is 0 Å². The fourth-order valence-corrected chi connectivity index (χ4v) is 4.29. The maximum Gasteiger partial charge on any atom is 0.407 e. The van der Waals surface area contributed by atoms with E-state index in [0.717, 1.165) is 25.1 Å². The van der Waals surface area contributed by atoms with Crippen LogP contribution in [0.15, 0.2) is 24.3 Å². The number of nitriles is 1. The Morgan fingerprint density at radius 1 is 1.12 bits per heavy atom. The molecule has 2 saturated heterocycles. The van der Waals surface area contributed by atoms with Crippen molar-refractivity contribution in [1.29, 1.82) is 5.26 Å². The Hall–Kier alpha value is -3.12. The van der Waals surface area contributed by atoms with Gasteiger partial charge >= 0.3 is 6.09 Å². The summed E-state index contributed by atoms with van der Waals surface area (Å²) in [4.78, 5) is 41.3. The molecule has 2 aliphatic rings. The maximum atomic E-state index is 13.1. The number of piperidine rings is 1. The molecule has 0 bridgehead atoms. The van der Waals surface area contributed by atoms with E-state index in [1.807, 2.05) is 0 Å². The van der Waals surface area contributed by atoms with E-state index in [9.17, 15) is 14.4 Å². The topological polar surface area (TPSA) is 115 Å². The number of rotatable bonds is 6. The quantitative estimate of drug-likeness (QED) is 0.634. The Kier molecular flexibility index (Phi) is 7.92. The Labute approximate surface area is 195 Å². The monoisotopic (exact) mass is 455 g/mol. The summed E-state index contributed by atoms with van der Waals surface area (Å²) in [6, 6.07) is 8.90. The van der Waals surface area contributed by atoms with E-state index < -0.39 is 11.7 Å². The predicted molar refractivity (Wildman–Crippen MR) is 123 cm³/mol. The molecule has 3 amide bonds. The number of carbonyl (C=O) groups is 3. The molecule has 2 atom stereocenters. The summed E-state index contributed by atoms with van der Waals surface area (Å²) in [7, 11) is 0. The van der Waals surface area contributed by atoms with Gasteiger partial charge in [0, 0.05) is 31.9 Å². The third kappa shape index (κ3) is 6.68. The number of alkyl carbamates (subject to hydrolysis) is 1. The molecule has 0 aromatic heterocycles. The molecule has 2 fully saturated rings. The zero-order chi connectivity index (χ0) is 24.0. The maximum absolute atomic E-state index is 13.1. The van der Waals surface area contributed by atoms with Crippen LogP contribution in [-0.4, -0.2) is 67.2 Å². The predicted octanol–water partition coefficient (Wildman–Crippen LogP) is 2.02. The number of nitrogens with one attached hydrogen (secondary N) is 2. The molecule has 3 rings (SSSR count). The molecule has 0 radical (unpaired) electrons. The summed E-state index contributed by atoms with van der Waals surface area (Å²) < 4.78 is 5.17. The molecule has 0 saturated carbocycles. The van der Waals surface area contributed by atoms with Gasteiger partial charge in [-0.05, 0) is 70.8 Å². The summed E-state index contributed by atoms with van der Waals surface area (Å²) >= 11 is 0. The number of ether oxygens (including phenoxy) is 1. The van der Waals surface area contributed by atoms with Gasteiger partial charge in [0.05, 0.1) is 23.6 Å². The van der Waals surface area contributed by atoms with E-state index in [1.165, 1.54) is 0 Å².